The second-order valence-electron chi connectivity index (χ2n) is 5.28. The van der Waals surface area contributed by atoms with Crippen LogP contribution in [0.3, 0.4) is 0 Å². The van der Waals surface area contributed by atoms with Gasteiger partial charge in [0.2, 0.25) is 0 Å². The number of nitrogens with zero attached hydrogens (tertiary/aromatic N) is 2. The Morgan fingerprint density at radius 2 is 2.00 bits per heavy atom. The van der Waals surface area contributed by atoms with Gasteiger partial charge < -0.3 is 5.32 Å². The highest BCUT2D eigenvalue weighted by Gasteiger charge is 2.22. The van der Waals surface area contributed by atoms with Gasteiger partial charge in [0.15, 0.2) is 0 Å². The van der Waals surface area contributed by atoms with Crippen molar-refractivity contribution in [2.45, 2.75) is 59.5 Å². The molecule has 1 rings (SSSR count). The molecule has 0 spiro atoms. The molecule has 0 aliphatic carbocycles. The number of rotatable bonds is 7. The van der Waals surface area contributed by atoms with Crippen LogP contribution >= 0.6 is 11.6 Å². The van der Waals surface area contributed by atoms with Crippen molar-refractivity contribution in [3.8, 4) is 0 Å². The van der Waals surface area contributed by atoms with Gasteiger partial charge in [0.1, 0.15) is 0 Å². The summed E-state index contributed by atoms with van der Waals surface area (Å²) in [6, 6.07) is 0.632. The Hall–Kier alpha value is -0.540. The number of halogens is 1. The van der Waals surface area contributed by atoms with Gasteiger partial charge in [-0.25, -0.2) is 0 Å². The monoisotopic (exact) mass is 271 g/mol. The van der Waals surface area contributed by atoms with E-state index in [2.05, 4.69) is 45.0 Å². The minimum atomic E-state index is 0.294. The quantitative estimate of drug-likeness (QED) is 0.805. The fourth-order valence-corrected chi connectivity index (χ4v) is 2.46. The third-order valence-electron chi connectivity index (χ3n) is 3.39. The van der Waals surface area contributed by atoms with Gasteiger partial charge >= 0.3 is 0 Å². The first-order chi connectivity index (χ1) is 8.51. The van der Waals surface area contributed by atoms with Gasteiger partial charge in [-0.2, -0.15) is 5.10 Å². The van der Waals surface area contributed by atoms with Crippen LogP contribution < -0.4 is 5.32 Å². The predicted molar refractivity (Wildman–Crippen MR) is 78.1 cm³/mol. The first-order valence-electron chi connectivity index (χ1n) is 6.97. The summed E-state index contributed by atoms with van der Waals surface area (Å²) in [6.07, 6.45) is 4.05. The van der Waals surface area contributed by atoms with Gasteiger partial charge in [-0.15, -0.1) is 0 Å². The minimum Gasteiger partial charge on any atom is -0.309 e. The summed E-state index contributed by atoms with van der Waals surface area (Å²) in [7, 11) is 0. The van der Waals surface area contributed by atoms with Crippen molar-refractivity contribution in [2.24, 2.45) is 5.92 Å². The lowest BCUT2D eigenvalue weighted by Gasteiger charge is -2.24. The molecule has 0 bridgehead atoms. The van der Waals surface area contributed by atoms with Crippen molar-refractivity contribution in [2.75, 3.05) is 6.54 Å². The van der Waals surface area contributed by atoms with E-state index < -0.39 is 0 Å². The van der Waals surface area contributed by atoms with Gasteiger partial charge in [0.25, 0.3) is 0 Å². The Morgan fingerprint density at radius 3 is 2.50 bits per heavy atom. The van der Waals surface area contributed by atoms with Gasteiger partial charge in [0.05, 0.1) is 23.0 Å². The molecular formula is C14H26ClN3. The SMILES string of the molecule is CCNC(CC(C)CC)c1c(Cl)cnn1C(C)C. The Labute approximate surface area is 116 Å². The van der Waals surface area contributed by atoms with Crippen LogP contribution in [0.15, 0.2) is 6.20 Å². The maximum Gasteiger partial charge on any atom is 0.0834 e. The molecule has 3 nitrogen and oxygen atoms in total. The first-order valence-corrected chi connectivity index (χ1v) is 7.35. The molecule has 104 valence electrons. The van der Waals surface area contributed by atoms with E-state index >= 15 is 0 Å². The van der Waals surface area contributed by atoms with Crippen LogP contribution in [0, 0.1) is 5.92 Å². The second kappa shape index (κ2) is 7.15. The van der Waals surface area contributed by atoms with Crippen molar-refractivity contribution in [1.29, 1.82) is 0 Å². The van der Waals surface area contributed by atoms with Crippen LogP contribution in [0.25, 0.3) is 0 Å². The average molecular weight is 272 g/mol. The molecule has 0 radical (unpaired) electrons. The minimum absolute atomic E-state index is 0.294. The highest BCUT2D eigenvalue weighted by Crippen LogP contribution is 2.30. The highest BCUT2D eigenvalue weighted by atomic mass is 35.5. The summed E-state index contributed by atoms with van der Waals surface area (Å²) in [5.74, 6) is 0.681. The lowest BCUT2D eigenvalue weighted by Crippen LogP contribution is -2.26. The first kappa shape index (κ1) is 15.5. The molecule has 18 heavy (non-hydrogen) atoms. The third-order valence-corrected chi connectivity index (χ3v) is 3.68. The number of aromatic nitrogens is 2. The summed E-state index contributed by atoms with van der Waals surface area (Å²) in [5.41, 5.74) is 1.13. The Bertz CT molecular complexity index is 360. The molecule has 1 aromatic rings. The Morgan fingerprint density at radius 1 is 1.33 bits per heavy atom. The van der Waals surface area contributed by atoms with Crippen LogP contribution in [-0.2, 0) is 0 Å². The summed E-state index contributed by atoms with van der Waals surface area (Å²) in [5, 5.41) is 8.71. The molecule has 0 saturated heterocycles. The average Bonchev–Trinajstić information content (AvgIpc) is 2.70. The van der Waals surface area contributed by atoms with Gasteiger partial charge in [-0.3, -0.25) is 4.68 Å². The fraction of sp³-hybridized carbons (Fsp3) is 0.786. The van der Waals surface area contributed by atoms with Crippen molar-refractivity contribution in [3.05, 3.63) is 16.9 Å². The van der Waals surface area contributed by atoms with E-state index in [0.717, 1.165) is 23.7 Å². The molecule has 1 N–H and O–H groups in total. The van der Waals surface area contributed by atoms with Crippen LogP contribution in [0.2, 0.25) is 5.02 Å². The normalized spacial score (nSPS) is 15.1. The van der Waals surface area contributed by atoms with Crippen LogP contribution in [0.4, 0.5) is 0 Å². The maximum atomic E-state index is 6.32. The van der Waals surface area contributed by atoms with Crippen molar-refractivity contribution >= 4 is 11.6 Å². The van der Waals surface area contributed by atoms with E-state index in [4.69, 9.17) is 11.6 Å². The van der Waals surface area contributed by atoms with E-state index in [1.807, 2.05) is 4.68 Å². The number of nitrogens with one attached hydrogen (secondary N) is 1. The third kappa shape index (κ3) is 3.72. The van der Waals surface area contributed by atoms with Crippen molar-refractivity contribution in [3.63, 3.8) is 0 Å². The molecule has 2 unspecified atom stereocenters. The van der Waals surface area contributed by atoms with Crippen LogP contribution in [0.1, 0.15) is 65.2 Å². The molecule has 2 atom stereocenters. The van der Waals surface area contributed by atoms with Crippen molar-refractivity contribution < 1.29 is 0 Å². The summed E-state index contributed by atoms with van der Waals surface area (Å²) < 4.78 is 2.04. The molecule has 4 heteroatoms. The zero-order valence-electron chi connectivity index (χ0n) is 12.2. The highest BCUT2D eigenvalue weighted by molar-refractivity contribution is 6.31. The van der Waals surface area contributed by atoms with Crippen LogP contribution in [-0.4, -0.2) is 16.3 Å². The molecule has 0 saturated carbocycles. The largest absolute Gasteiger partial charge is 0.309 e. The lowest BCUT2D eigenvalue weighted by molar-refractivity contribution is 0.376. The molecule has 0 fully saturated rings. The van der Waals surface area contributed by atoms with E-state index in [9.17, 15) is 0 Å². The predicted octanol–water partition coefficient (Wildman–Crippen LogP) is 4.20. The molecule has 0 amide bonds. The molecule has 0 aliphatic rings. The summed E-state index contributed by atoms with van der Waals surface area (Å²) in [4.78, 5) is 0. The number of hydrogen-bond acceptors (Lipinski definition) is 2. The summed E-state index contributed by atoms with van der Waals surface area (Å²) in [6.45, 7) is 11.9. The van der Waals surface area contributed by atoms with Gasteiger partial charge in [0, 0.05) is 6.04 Å². The molecule has 1 aromatic heterocycles. The molecular weight excluding hydrogens is 246 g/mol. The Kier molecular flexibility index (Phi) is 6.16. The van der Waals surface area contributed by atoms with E-state index in [1.165, 1.54) is 6.42 Å². The topological polar surface area (TPSA) is 29.9 Å². The fourth-order valence-electron chi connectivity index (χ4n) is 2.20. The Balaban J connectivity index is 3.00. The number of hydrogen-bond donors (Lipinski definition) is 1. The van der Waals surface area contributed by atoms with Gasteiger partial charge in [-0.1, -0.05) is 38.8 Å². The van der Waals surface area contributed by atoms with E-state index in [-0.39, 0.29) is 0 Å². The molecule has 0 aromatic carbocycles. The standard InChI is InChI=1S/C14H26ClN3/c1-6-11(5)8-13(16-7-2)14-12(15)9-17-18(14)10(3)4/h9-11,13,16H,6-8H2,1-5H3. The maximum absolute atomic E-state index is 6.32. The zero-order chi connectivity index (χ0) is 13.7. The summed E-state index contributed by atoms with van der Waals surface area (Å²) >= 11 is 6.32. The van der Waals surface area contributed by atoms with Crippen LogP contribution in [0.5, 0.6) is 0 Å². The molecule has 0 aliphatic heterocycles. The van der Waals surface area contributed by atoms with Gasteiger partial charge in [-0.05, 0) is 32.7 Å². The lowest BCUT2D eigenvalue weighted by atomic mass is 9.97. The van der Waals surface area contributed by atoms with Crippen molar-refractivity contribution in [1.82, 2.24) is 15.1 Å². The second-order valence-corrected chi connectivity index (χ2v) is 5.68. The van der Waals surface area contributed by atoms with E-state index in [1.54, 1.807) is 6.20 Å². The molecule has 1 heterocycles. The van der Waals surface area contributed by atoms with E-state index in [0.29, 0.717) is 18.0 Å². The smallest absolute Gasteiger partial charge is 0.0834 e. The zero-order valence-corrected chi connectivity index (χ0v) is 13.0.